The summed E-state index contributed by atoms with van der Waals surface area (Å²) < 4.78 is 56.9. The van der Waals surface area contributed by atoms with E-state index < -0.39 is 26.4 Å². The fourth-order valence-electron chi connectivity index (χ4n) is 2.99. The van der Waals surface area contributed by atoms with Gasteiger partial charge in [0.25, 0.3) is 0 Å². The van der Waals surface area contributed by atoms with Crippen LogP contribution in [-0.4, -0.2) is 26.6 Å². The van der Waals surface area contributed by atoms with Crippen LogP contribution in [0.25, 0.3) is 21.5 Å². The molecule has 188 valence electrons. The van der Waals surface area contributed by atoms with Gasteiger partial charge in [-0.1, -0.05) is 43.4 Å². The number of aromatic nitrogens is 2. The molecule has 0 aliphatic heterocycles. The van der Waals surface area contributed by atoms with Gasteiger partial charge >= 0.3 is 14.8 Å². The Morgan fingerprint density at radius 2 is 1.86 bits per heavy atom. The maximum Gasteiger partial charge on any atom is 0.419 e. The summed E-state index contributed by atoms with van der Waals surface area (Å²) in [5.74, 6) is 0.0496. The average molecular weight is 529 g/mol. The monoisotopic (exact) mass is 529 g/mol. The minimum absolute atomic E-state index is 0.173. The van der Waals surface area contributed by atoms with E-state index in [1.165, 1.54) is 12.1 Å². The number of alkyl halides is 3. The molecule has 1 unspecified atom stereocenters. The van der Waals surface area contributed by atoms with E-state index in [0.717, 1.165) is 22.8 Å². The van der Waals surface area contributed by atoms with Gasteiger partial charge in [0.2, 0.25) is 0 Å². The van der Waals surface area contributed by atoms with Gasteiger partial charge in [0.05, 0.1) is 18.2 Å². The maximum absolute atomic E-state index is 13.7. The van der Waals surface area contributed by atoms with Gasteiger partial charge in [-0.05, 0) is 30.3 Å². The van der Waals surface area contributed by atoms with Gasteiger partial charge < -0.3 is 29.2 Å². The summed E-state index contributed by atoms with van der Waals surface area (Å²) >= 11 is 0.977. The molecule has 0 radical (unpaired) electrons. The molecular formula is C22H23F3N3O5PS. The molecule has 2 aromatic carbocycles. The van der Waals surface area contributed by atoms with Crippen LogP contribution in [0.4, 0.5) is 13.2 Å². The van der Waals surface area contributed by atoms with Gasteiger partial charge in [0, 0.05) is 10.9 Å². The Hall–Kier alpha value is -2.60. The van der Waals surface area contributed by atoms with Crippen molar-refractivity contribution < 1.29 is 36.6 Å². The molecule has 35 heavy (non-hydrogen) atoms. The lowest BCUT2D eigenvalue weighted by Crippen LogP contribution is -2.15. The minimum atomic E-state index is -4.67. The summed E-state index contributed by atoms with van der Waals surface area (Å²) in [7, 11) is -2.58. The highest BCUT2D eigenvalue weighted by atomic mass is 32.1. The molecule has 2 aromatic heterocycles. The number of nitrogens with two attached hydrogens (primary N) is 1. The van der Waals surface area contributed by atoms with Crippen LogP contribution in [-0.2, 0) is 17.3 Å². The summed E-state index contributed by atoms with van der Waals surface area (Å²) in [6.45, 7) is 3.60. The number of rotatable bonds is 8. The molecule has 8 nitrogen and oxygen atoms in total. The number of hydrogen-bond donors (Lipinski definition) is 3. The van der Waals surface area contributed by atoms with Gasteiger partial charge in [-0.2, -0.15) is 13.2 Å². The van der Waals surface area contributed by atoms with E-state index in [1.807, 2.05) is 26.0 Å². The van der Waals surface area contributed by atoms with Gasteiger partial charge in [0.15, 0.2) is 0 Å². The third-order valence-corrected chi connectivity index (χ3v) is 5.99. The highest BCUT2D eigenvalue weighted by molar-refractivity contribution is 7.39. The Kier molecular flexibility index (Phi) is 9.17. The first-order valence-corrected chi connectivity index (χ1v) is 12.4. The topological polar surface area (TPSA) is 124 Å². The van der Waals surface area contributed by atoms with E-state index in [9.17, 15) is 13.2 Å². The van der Waals surface area contributed by atoms with Crippen molar-refractivity contribution in [2.24, 2.45) is 5.73 Å². The van der Waals surface area contributed by atoms with Gasteiger partial charge in [-0.15, -0.1) is 10.2 Å². The molecule has 2 heterocycles. The molecule has 4 N–H and O–H groups in total. The van der Waals surface area contributed by atoms with E-state index in [4.69, 9.17) is 24.7 Å². The highest BCUT2D eigenvalue weighted by Crippen LogP contribution is 2.40. The quantitative estimate of drug-likeness (QED) is 0.245. The predicted molar refractivity (Wildman–Crippen MR) is 126 cm³/mol. The fourth-order valence-corrected chi connectivity index (χ4v) is 4.11. The lowest BCUT2D eigenvalue weighted by atomic mass is 10.1. The van der Waals surface area contributed by atoms with Crippen molar-refractivity contribution >= 4 is 30.9 Å². The average Bonchev–Trinajstić information content (AvgIpc) is 3.49. The number of fused-ring (bicyclic) bond motifs is 1. The smallest absolute Gasteiger partial charge is 0.419 e. The van der Waals surface area contributed by atoms with Crippen LogP contribution >= 0.6 is 19.9 Å². The highest BCUT2D eigenvalue weighted by Gasteiger charge is 2.35. The number of para-hydroxylation sites is 1. The van der Waals surface area contributed by atoms with E-state index in [2.05, 4.69) is 14.7 Å². The van der Waals surface area contributed by atoms with Gasteiger partial charge in [0.1, 0.15) is 33.7 Å². The minimum Gasteiger partial charge on any atom is -0.485 e. The lowest BCUT2D eigenvalue weighted by molar-refractivity contribution is -0.139. The van der Waals surface area contributed by atoms with Crippen LogP contribution in [0.15, 0.2) is 52.9 Å². The third kappa shape index (κ3) is 6.97. The maximum atomic E-state index is 13.7. The number of ether oxygens (including phenoxy) is 1. The molecule has 4 aromatic rings. The molecule has 0 spiro atoms. The standard InChI is InChI=1S/C20H17F3N3O5PS.C2H6/c21-20(22,23)14-8-12(18-25-26-19(33-18)15(24)10-30-32(27)28)5-6-17(14)29-9-13-7-11-3-1-2-4-16(11)31-13;1-2/h1-8,15,27-28H,9-10,24H2;1-2H3. The molecule has 1 atom stereocenters. The van der Waals surface area contributed by atoms with Crippen molar-refractivity contribution in [3.05, 3.63) is 64.9 Å². The summed E-state index contributed by atoms with van der Waals surface area (Å²) in [6.07, 6.45) is -4.67. The van der Waals surface area contributed by atoms with Crippen LogP contribution in [0.5, 0.6) is 5.75 Å². The summed E-state index contributed by atoms with van der Waals surface area (Å²) in [5.41, 5.74) is 5.68. The molecule has 0 fully saturated rings. The number of furan rings is 1. The predicted octanol–water partition coefficient (Wildman–Crippen LogP) is 5.80. The van der Waals surface area contributed by atoms with Crippen LogP contribution in [0.2, 0.25) is 0 Å². The first-order chi connectivity index (χ1) is 16.7. The molecule has 0 aliphatic carbocycles. The molecular weight excluding hydrogens is 506 g/mol. The van der Waals surface area contributed by atoms with E-state index in [0.29, 0.717) is 11.3 Å². The second kappa shape index (κ2) is 11.9. The number of benzene rings is 2. The molecule has 0 saturated heterocycles. The largest absolute Gasteiger partial charge is 0.485 e. The summed E-state index contributed by atoms with van der Waals surface area (Å²) in [6, 6.07) is 11.7. The number of halogens is 3. The van der Waals surface area contributed by atoms with E-state index in [1.54, 1.807) is 18.2 Å². The van der Waals surface area contributed by atoms with Crippen molar-refractivity contribution in [2.75, 3.05) is 6.61 Å². The van der Waals surface area contributed by atoms with Crippen molar-refractivity contribution in [1.82, 2.24) is 10.2 Å². The molecule has 13 heteroatoms. The molecule has 0 amide bonds. The lowest BCUT2D eigenvalue weighted by Gasteiger charge is -2.14. The van der Waals surface area contributed by atoms with Crippen molar-refractivity contribution in [3.63, 3.8) is 0 Å². The van der Waals surface area contributed by atoms with E-state index in [-0.39, 0.29) is 34.5 Å². The Morgan fingerprint density at radius 1 is 1.11 bits per heavy atom. The summed E-state index contributed by atoms with van der Waals surface area (Å²) in [5, 5.41) is 9.08. The van der Waals surface area contributed by atoms with Crippen molar-refractivity contribution in [3.8, 4) is 16.3 Å². The van der Waals surface area contributed by atoms with Crippen LogP contribution in [0.3, 0.4) is 0 Å². The van der Waals surface area contributed by atoms with Gasteiger partial charge in [-0.3, -0.25) is 0 Å². The Bertz CT molecular complexity index is 1220. The number of hydrogen-bond acceptors (Lipinski definition) is 9. The van der Waals surface area contributed by atoms with Crippen molar-refractivity contribution in [1.29, 1.82) is 0 Å². The first-order valence-electron chi connectivity index (χ1n) is 10.4. The van der Waals surface area contributed by atoms with Crippen LogP contribution in [0.1, 0.15) is 36.2 Å². The number of nitrogens with zero attached hydrogens (tertiary/aromatic N) is 2. The zero-order valence-corrected chi connectivity index (χ0v) is 20.4. The van der Waals surface area contributed by atoms with Crippen LogP contribution in [0, 0.1) is 0 Å². The second-order valence-electron chi connectivity index (χ2n) is 6.85. The first kappa shape index (κ1) is 27.0. The molecule has 0 saturated carbocycles. The third-order valence-electron chi connectivity index (χ3n) is 4.51. The van der Waals surface area contributed by atoms with Gasteiger partial charge in [-0.25, -0.2) is 0 Å². The second-order valence-corrected chi connectivity index (χ2v) is 8.62. The fraction of sp³-hybridized carbons (Fsp3) is 0.273. The molecule has 4 rings (SSSR count). The SMILES string of the molecule is CC.NC(COP(O)O)c1nnc(-c2ccc(OCc3cc4ccccc4o3)c(C(F)(F)F)c2)s1. The Labute approximate surface area is 204 Å². The van der Waals surface area contributed by atoms with Crippen molar-refractivity contribution in [2.45, 2.75) is 32.7 Å². The Balaban J connectivity index is 0.00000167. The normalized spacial score (nSPS) is 12.5. The van der Waals surface area contributed by atoms with Crippen LogP contribution < -0.4 is 10.5 Å². The summed E-state index contributed by atoms with van der Waals surface area (Å²) in [4.78, 5) is 17.6. The van der Waals surface area contributed by atoms with E-state index >= 15 is 0 Å². The molecule has 0 bridgehead atoms. The Morgan fingerprint density at radius 3 is 2.54 bits per heavy atom. The molecule has 0 aliphatic rings. The zero-order valence-electron chi connectivity index (χ0n) is 18.7. The zero-order chi connectivity index (χ0) is 25.6.